The molecule has 0 N–H and O–H groups in total. The fourth-order valence-corrected chi connectivity index (χ4v) is 2.72. The molecule has 3 heteroatoms. The number of alkyl halides is 1. The molecule has 0 amide bonds. The van der Waals surface area contributed by atoms with Crippen LogP contribution in [0.15, 0.2) is 0 Å². The molecule has 0 aromatic carbocycles. The molecule has 1 unspecified atom stereocenters. The van der Waals surface area contributed by atoms with Crippen molar-refractivity contribution in [1.29, 1.82) is 0 Å². The highest BCUT2D eigenvalue weighted by atomic mass is 19.1. The minimum absolute atomic E-state index is 0.0637. The quantitative estimate of drug-likeness (QED) is 0.622. The third-order valence-corrected chi connectivity index (χ3v) is 3.17. The predicted molar refractivity (Wildman–Crippen MR) is 44.9 cm³/mol. The van der Waals surface area contributed by atoms with Crippen molar-refractivity contribution >= 4 is 0 Å². The van der Waals surface area contributed by atoms with E-state index in [9.17, 15) is 4.39 Å². The van der Waals surface area contributed by atoms with Gasteiger partial charge in [-0.1, -0.05) is 0 Å². The van der Waals surface area contributed by atoms with Crippen LogP contribution in [0.5, 0.6) is 0 Å². The van der Waals surface area contributed by atoms with E-state index in [-0.39, 0.29) is 5.54 Å². The summed E-state index contributed by atoms with van der Waals surface area (Å²) >= 11 is 0. The van der Waals surface area contributed by atoms with Crippen molar-refractivity contribution in [3.63, 3.8) is 0 Å². The van der Waals surface area contributed by atoms with Crippen LogP contribution in [-0.2, 0) is 4.74 Å². The van der Waals surface area contributed by atoms with Gasteiger partial charge in [-0.05, 0) is 19.4 Å². The van der Waals surface area contributed by atoms with Crippen molar-refractivity contribution < 1.29 is 9.13 Å². The van der Waals surface area contributed by atoms with Gasteiger partial charge in [0.2, 0.25) is 0 Å². The first kappa shape index (κ1) is 8.45. The average Bonchev–Trinajstić information content (AvgIpc) is 2.44. The minimum Gasteiger partial charge on any atom is -0.383 e. The third kappa shape index (κ3) is 1.15. The van der Waals surface area contributed by atoms with Crippen LogP contribution >= 0.6 is 0 Å². The largest absolute Gasteiger partial charge is 0.383 e. The van der Waals surface area contributed by atoms with E-state index in [2.05, 4.69) is 4.90 Å². The zero-order valence-corrected chi connectivity index (χ0v) is 7.55. The summed E-state index contributed by atoms with van der Waals surface area (Å²) in [7, 11) is 1.71. The van der Waals surface area contributed by atoms with Gasteiger partial charge >= 0.3 is 0 Å². The van der Waals surface area contributed by atoms with E-state index >= 15 is 0 Å². The van der Waals surface area contributed by atoms with Crippen molar-refractivity contribution in [3.8, 4) is 0 Å². The van der Waals surface area contributed by atoms with Crippen LogP contribution in [0.25, 0.3) is 0 Å². The maximum Gasteiger partial charge on any atom is 0.115 e. The fourth-order valence-electron chi connectivity index (χ4n) is 2.72. The molecule has 2 fully saturated rings. The van der Waals surface area contributed by atoms with Crippen LogP contribution in [0, 0.1) is 0 Å². The number of rotatable bonds is 2. The van der Waals surface area contributed by atoms with Gasteiger partial charge in [-0.3, -0.25) is 4.90 Å². The topological polar surface area (TPSA) is 12.5 Å². The Kier molecular flexibility index (Phi) is 2.09. The molecule has 2 heterocycles. The Balaban J connectivity index is 2.09. The molecule has 2 nitrogen and oxygen atoms in total. The first-order valence-electron chi connectivity index (χ1n) is 4.65. The molecule has 70 valence electrons. The Morgan fingerprint density at radius 1 is 1.67 bits per heavy atom. The molecule has 0 aromatic heterocycles. The Hall–Kier alpha value is -0.150. The first-order chi connectivity index (χ1) is 5.77. The Bertz CT molecular complexity index is 176. The lowest BCUT2D eigenvalue weighted by Crippen LogP contribution is -2.42. The van der Waals surface area contributed by atoms with Crippen LogP contribution < -0.4 is 0 Å². The molecule has 2 saturated heterocycles. The summed E-state index contributed by atoms with van der Waals surface area (Å²) in [5.41, 5.74) is 0.0637. The number of nitrogens with zero attached hydrogens (tertiary/aromatic N) is 1. The van der Waals surface area contributed by atoms with Gasteiger partial charge in [0, 0.05) is 25.6 Å². The van der Waals surface area contributed by atoms with Crippen LogP contribution in [0.3, 0.4) is 0 Å². The van der Waals surface area contributed by atoms with E-state index in [4.69, 9.17) is 4.74 Å². The summed E-state index contributed by atoms with van der Waals surface area (Å²) in [5, 5.41) is 0. The normalized spacial score (nSPS) is 42.0. The highest BCUT2D eigenvalue weighted by molar-refractivity contribution is 5.03. The number of hydrogen-bond acceptors (Lipinski definition) is 2. The van der Waals surface area contributed by atoms with Crippen molar-refractivity contribution in [2.75, 3.05) is 26.8 Å². The van der Waals surface area contributed by atoms with E-state index < -0.39 is 6.17 Å². The average molecular weight is 173 g/mol. The molecular weight excluding hydrogens is 157 g/mol. The van der Waals surface area contributed by atoms with E-state index in [0.29, 0.717) is 19.6 Å². The van der Waals surface area contributed by atoms with Crippen molar-refractivity contribution in [1.82, 2.24) is 4.90 Å². The second kappa shape index (κ2) is 2.96. The van der Waals surface area contributed by atoms with Crippen molar-refractivity contribution in [2.45, 2.75) is 31.0 Å². The van der Waals surface area contributed by atoms with Crippen molar-refractivity contribution in [3.05, 3.63) is 0 Å². The molecule has 12 heavy (non-hydrogen) atoms. The molecule has 2 rings (SSSR count). The zero-order valence-electron chi connectivity index (χ0n) is 7.55. The van der Waals surface area contributed by atoms with Crippen molar-refractivity contribution in [2.24, 2.45) is 0 Å². The number of halogens is 1. The van der Waals surface area contributed by atoms with Gasteiger partial charge in [-0.15, -0.1) is 0 Å². The van der Waals surface area contributed by atoms with E-state index in [1.54, 1.807) is 7.11 Å². The lowest BCUT2D eigenvalue weighted by molar-refractivity contribution is 0.0652. The smallest absolute Gasteiger partial charge is 0.115 e. The molecule has 2 aliphatic rings. The lowest BCUT2D eigenvalue weighted by Gasteiger charge is -2.30. The SMILES string of the molecule is COC[C@@]12CCCN1CC(F)C2. The summed E-state index contributed by atoms with van der Waals surface area (Å²) in [6.07, 6.45) is 2.37. The molecule has 0 bridgehead atoms. The first-order valence-corrected chi connectivity index (χ1v) is 4.65. The molecule has 0 aliphatic carbocycles. The summed E-state index contributed by atoms with van der Waals surface area (Å²) in [5.74, 6) is 0. The minimum atomic E-state index is -0.625. The highest BCUT2D eigenvalue weighted by Gasteiger charge is 2.48. The number of hydrogen-bond donors (Lipinski definition) is 0. The second-order valence-electron chi connectivity index (χ2n) is 4.01. The third-order valence-electron chi connectivity index (χ3n) is 3.17. The fraction of sp³-hybridized carbons (Fsp3) is 1.00. The Morgan fingerprint density at radius 3 is 3.25 bits per heavy atom. The zero-order chi connectivity index (χ0) is 8.60. The van der Waals surface area contributed by atoms with Gasteiger partial charge in [0.25, 0.3) is 0 Å². The van der Waals surface area contributed by atoms with Gasteiger partial charge in [-0.25, -0.2) is 4.39 Å². The van der Waals surface area contributed by atoms with Gasteiger partial charge in [-0.2, -0.15) is 0 Å². The molecule has 0 radical (unpaired) electrons. The van der Waals surface area contributed by atoms with Crippen LogP contribution in [-0.4, -0.2) is 43.4 Å². The van der Waals surface area contributed by atoms with Crippen LogP contribution in [0.4, 0.5) is 4.39 Å². The summed E-state index contributed by atoms with van der Waals surface area (Å²) in [4.78, 5) is 2.27. The van der Waals surface area contributed by atoms with E-state index in [1.165, 1.54) is 6.42 Å². The Labute approximate surface area is 72.7 Å². The maximum atomic E-state index is 13.1. The molecular formula is C9H16FNO. The molecule has 2 aliphatic heterocycles. The summed E-state index contributed by atoms with van der Waals surface area (Å²) in [6.45, 7) is 2.39. The lowest BCUT2D eigenvalue weighted by atomic mass is 9.95. The van der Waals surface area contributed by atoms with Gasteiger partial charge in [0.05, 0.1) is 6.61 Å². The van der Waals surface area contributed by atoms with E-state index in [1.807, 2.05) is 0 Å². The second-order valence-corrected chi connectivity index (χ2v) is 4.01. The number of ether oxygens (including phenoxy) is 1. The van der Waals surface area contributed by atoms with Gasteiger partial charge < -0.3 is 4.74 Å². The highest BCUT2D eigenvalue weighted by Crippen LogP contribution is 2.39. The number of fused-ring (bicyclic) bond motifs is 1. The molecule has 0 spiro atoms. The predicted octanol–water partition coefficient (Wildman–Crippen LogP) is 1.21. The van der Waals surface area contributed by atoms with Gasteiger partial charge in [0.1, 0.15) is 6.17 Å². The monoisotopic (exact) mass is 173 g/mol. The number of methoxy groups -OCH3 is 1. The maximum absolute atomic E-state index is 13.1. The standard InChI is InChI=1S/C9H16FNO/c1-12-7-9-3-2-4-11(9)6-8(10)5-9/h8H,2-7H2,1H3/t8?,9-/m0/s1. The summed E-state index contributed by atoms with van der Waals surface area (Å²) < 4.78 is 18.3. The Morgan fingerprint density at radius 2 is 2.50 bits per heavy atom. The van der Waals surface area contributed by atoms with Crippen LogP contribution in [0.2, 0.25) is 0 Å². The van der Waals surface area contributed by atoms with Crippen LogP contribution in [0.1, 0.15) is 19.3 Å². The van der Waals surface area contributed by atoms with E-state index in [0.717, 1.165) is 13.0 Å². The molecule has 2 atom stereocenters. The molecule has 0 aromatic rings. The summed E-state index contributed by atoms with van der Waals surface area (Å²) in [6, 6.07) is 0. The molecule has 0 saturated carbocycles. The van der Waals surface area contributed by atoms with Gasteiger partial charge in [0.15, 0.2) is 0 Å².